The van der Waals surface area contributed by atoms with Crippen molar-refractivity contribution in [2.45, 2.75) is 57.7 Å². The molecule has 1 aromatic rings. The summed E-state index contributed by atoms with van der Waals surface area (Å²) in [5, 5.41) is 14.0. The van der Waals surface area contributed by atoms with E-state index < -0.39 is 6.10 Å². The lowest BCUT2D eigenvalue weighted by Gasteiger charge is -2.46. The highest BCUT2D eigenvalue weighted by atomic mass is 35.5. The number of halogens is 2. The van der Waals surface area contributed by atoms with Crippen molar-refractivity contribution in [3.05, 3.63) is 33.8 Å². The van der Waals surface area contributed by atoms with E-state index in [0.29, 0.717) is 48.2 Å². The van der Waals surface area contributed by atoms with E-state index in [1.165, 1.54) is 6.92 Å². The number of aliphatic hydroxyl groups is 1. The number of amides is 3. The van der Waals surface area contributed by atoms with Crippen molar-refractivity contribution in [1.29, 1.82) is 0 Å². The van der Waals surface area contributed by atoms with E-state index in [4.69, 9.17) is 23.2 Å². The van der Waals surface area contributed by atoms with Gasteiger partial charge < -0.3 is 19.8 Å². The number of benzene rings is 1. The van der Waals surface area contributed by atoms with Gasteiger partial charge in [0.15, 0.2) is 0 Å². The molecule has 0 spiro atoms. The molecule has 198 valence electrons. The zero-order valence-electron chi connectivity index (χ0n) is 21.0. The molecule has 3 aliphatic rings. The number of nitrogens with zero attached hydrogens (tertiary/aromatic N) is 3. The molecule has 0 bridgehead atoms. The fourth-order valence-corrected chi connectivity index (χ4v) is 6.28. The number of likely N-dealkylation sites (tertiary alicyclic amines) is 1. The van der Waals surface area contributed by atoms with Crippen LogP contribution >= 0.6 is 23.2 Å². The largest absolute Gasteiger partial charge is 0.384 e. The molecule has 3 unspecified atom stereocenters. The second kappa shape index (κ2) is 11.7. The molecule has 2 aliphatic heterocycles. The van der Waals surface area contributed by atoms with Crippen LogP contribution in [0.2, 0.25) is 10.0 Å². The van der Waals surface area contributed by atoms with Gasteiger partial charge in [-0.3, -0.25) is 19.7 Å². The molecule has 36 heavy (non-hydrogen) atoms. The molecule has 4 atom stereocenters. The average Bonchev–Trinajstić information content (AvgIpc) is 2.87. The summed E-state index contributed by atoms with van der Waals surface area (Å²) in [4.78, 5) is 43.4. The minimum atomic E-state index is -0.959. The summed E-state index contributed by atoms with van der Waals surface area (Å²) in [6, 6.07) is 5.46. The molecule has 3 fully saturated rings. The maximum absolute atomic E-state index is 13.4. The Kier molecular flexibility index (Phi) is 8.81. The first kappa shape index (κ1) is 27.2. The Labute approximate surface area is 222 Å². The summed E-state index contributed by atoms with van der Waals surface area (Å²) in [7, 11) is 1.72. The quantitative estimate of drug-likeness (QED) is 0.580. The van der Waals surface area contributed by atoms with E-state index in [1.54, 1.807) is 33.9 Å². The molecule has 1 aromatic carbocycles. The molecule has 1 saturated carbocycles. The lowest BCUT2D eigenvalue weighted by molar-refractivity contribution is -0.148. The highest BCUT2D eigenvalue weighted by Gasteiger charge is 2.43. The Morgan fingerprint density at radius 2 is 1.86 bits per heavy atom. The number of aliphatic hydroxyl groups excluding tert-OH is 1. The summed E-state index contributed by atoms with van der Waals surface area (Å²) in [5.74, 6) is 0.523. The van der Waals surface area contributed by atoms with Gasteiger partial charge in [-0.05, 0) is 68.6 Å². The zero-order chi connectivity index (χ0) is 26.0. The van der Waals surface area contributed by atoms with Gasteiger partial charge in [-0.15, -0.1) is 0 Å². The van der Waals surface area contributed by atoms with Gasteiger partial charge >= 0.3 is 0 Å². The Morgan fingerprint density at radius 3 is 2.53 bits per heavy atom. The number of rotatable bonds is 6. The van der Waals surface area contributed by atoms with Gasteiger partial charge in [0.05, 0.1) is 22.6 Å². The lowest BCUT2D eigenvalue weighted by Crippen LogP contribution is -2.60. The van der Waals surface area contributed by atoms with Crippen molar-refractivity contribution in [3.8, 4) is 0 Å². The van der Waals surface area contributed by atoms with E-state index in [0.717, 1.165) is 37.7 Å². The third-order valence-corrected chi connectivity index (χ3v) is 8.83. The highest BCUT2D eigenvalue weighted by Crippen LogP contribution is 2.40. The van der Waals surface area contributed by atoms with Gasteiger partial charge in [-0.25, -0.2) is 0 Å². The fraction of sp³-hybridized carbons (Fsp3) is 0.654. The van der Waals surface area contributed by atoms with Crippen LogP contribution in [0.5, 0.6) is 0 Å². The van der Waals surface area contributed by atoms with Gasteiger partial charge in [0, 0.05) is 32.7 Å². The molecule has 4 rings (SSSR count). The predicted molar refractivity (Wildman–Crippen MR) is 138 cm³/mol. The lowest BCUT2D eigenvalue weighted by atomic mass is 9.69. The normalized spacial score (nSPS) is 25.9. The third kappa shape index (κ3) is 6.15. The van der Waals surface area contributed by atoms with Crippen molar-refractivity contribution in [2.75, 3.05) is 33.4 Å². The van der Waals surface area contributed by atoms with E-state index in [9.17, 15) is 19.5 Å². The number of carbonyl (C=O) groups is 3. The number of likely N-dealkylation sites (N-methyl/N-ethyl adjacent to an activating group) is 1. The first-order valence-corrected chi connectivity index (χ1v) is 13.6. The molecule has 10 heteroatoms. The minimum absolute atomic E-state index is 0.0391. The first-order valence-electron chi connectivity index (χ1n) is 12.8. The van der Waals surface area contributed by atoms with Gasteiger partial charge in [0.1, 0.15) is 12.6 Å². The molecule has 2 N–H and O–H groups in total. The summed E-state index contributed by atoms with van der Waals surface area (Å²) in [5.41, 5.74) is 0.875. The topological polar surface area (TPSA) is 93.2 Å². The monoisotopic (exact) mass is 538 g/mol. The highest BCUT2D eigenvalue weighted by molar-refractivity contribution is 6.42. The molecule has 0 aromatic heterocycles. The Bertz CT molecular complexity index is 983. The van der Waals surface area contributed by atoms with Crippen molar-refractivity contribution in [3.63, 3.8) is 0 Å². The van der Waals surface area contributed by atoms with Crippen LogP contribution in [0, 0.1) is 17.8 Å². The number of piperidine rings is 1. The van der Waals surface area contributed by atoms with Crippen LogP contribution in [0.4, 0.5) is 0 Å². The van der Waals surface area contributed by atoms with Gasteiger partial charge in [0.25, 0.3) is 5.91 Å². The van der Waals surface area contributed by atoms with Crippen molar-refractivity contribution in [1.82, 2.24) is 20.0 Å². The van der Waals surface area contributed by atoms with Crippen LogP contribution in [0.3, 0.4) is 0 Å². The maximum atomic E-state index is 13.4. The number of carbonyl (C=O) groups excluding carboxylic acids is 3. The molecular weight excluding hydrogens is 503 g/mol. The Balaban J connectivity index is 1.30. The summed E-state index contributed by atoms with van der Waals surface area (Å²) in [6.07, 6.45) is 3.69. The number of hydrogen-bond acceptors (Lipinski definition) is 5. The van der Waals surface area contributed by atoms with Crippen molar-refractivity contribution >= 4 is 40.9 Å². The molecular formula is C26H36Cl2N4O4. The number of hydrogen-bond donors (Lipinski definition) is 2. The van der Waals surface area contributed by atoms with Crippen molar-refractivity contribution < 1.29 is 19.5 Å². The van der Waals surface area contributed by atoms with Gasteiger partial charge in [-0.1, -0.05) is 29.3 Å². The van der Waals surface area contributed by atoms with Crippen LogP contribution in [0.25, 0.3) is 0 Å². The van der Waals surface area contributed by atoms with Gasteiger partial charge in [0.2, 0.25) is 11.8 Å². The Hall–Kier alpha value is -1.87. The summed E-state index contributed by atoms with van der Waals surface area (Å²) >= 11 is 12.1. The number of fused-ring (bicyclic) bond motifs is 1. The molecule has 2 saturated heterocycles. The van der Waals surface area contributed by atoms with E-state index >= 15 is 0 Å². The van der Waals surface area contributed by atoms with Crippen LogP contribution in [-0.2, 0) is 20.9 Å². The second-order valence-electron chi connectivity index (χ2n) is 10.5. The fourth-order valence-electron chi connectivity index (χ4n) is 5.96. The minimum Gasteiger partial charge on any atom is -0.384 e. The third-order valence-electron chi connectivity index (χ3n) is 8.10. The molecule has 1 aliphatic carbocycles. The van der Waals surface area contributed by atoms with Crippen LogP contribution in [-0.4, -0.2) is 83.0 Å². The van der Waals surface area contributed by atoms with E-state index in [-0.39, 0.29) is 36.2 Å². The van der Waals surface area contributed by atoms with Crippen LogP contribution < -0.4 is 5.32 Å². The maximum Gasteiger partial charge on any atom is 0.251 e. The van der Waals surface area contributed by atoms with E-state index in [2.05, 4.69) is 5.32 Å². The van der Waals surface area contributed by atoms with Crippen molar-refractivity contribution in [2.24, 2.45) is 17.8 Å². The molecule has 2 heterocycles. The zero-order valence-corrected chi connectivity index (χ0v) is 22.5. The van der Waals surface area contributed by atoms with Gasteiger partial charge in [-0.2, -0.15) is 0 Å². The molecule has 0 radical (unpaired) electrons. The standard InChI is InChI=1S/C26H36Cl2N4O4/c1-16(33)25(35)31-9-7-18(8-10-31)19-4-6-23-20(12-19)26(36)32(15-29-23)14-24(34)30(2)13-17-3-5-21(27)22(28)11-17/h3,5,11,16,18-20,23,29,33H,4,6-10,12-15H2,1-2H3/t16-,19?,20?,23?/m1/s1. The molecule has 3 amide bonds. The van der Waals surface area contributed by atoms with E-state index in [1.807, 2.05) is 6.07 Å². The average molecular weight is 540 g/mol. The Morgan fingerprint density at radius 1 is 1.14 bits per heavy atom. The molecule has 8 nitrogen and oxygen atoms in total. The SMILES string of the molecule is C[C@@H](O)C(=O)N1CCC(C2CCC3NCN(CC(=O)N(C)Cc4ccc(Cl)c(Cl)c4)C(=O)C3C2)CC1. The second-order valence-corrected chi connectivity index (χ2v) is 11.3. The first-order chi connectivity index (χ1) is 17.1. The summed E-state index contributed by atoms with van der Waals surface area (Å²) in [6.45, 7) is 3.65. The van der Waals surface area contributed by atoms with Crippen LogP contribution in [0.1, 0.15) is 44.6 Å². The summed E-state index contributed by atoms with van der Waals surface area (Å²) < 4.78 is 0. The smallest absolute Gasteiger partial charge is 0.251 e. The number of nitrogens with one attached hydrogen (secondary N) is 1. The predicted octanol–water partition coefficient (Wildman–Crippen LogP) is 2.75. The van der Waals surface area contributed by atoms with Crippen LogP contribution in [0.15, 0.2) is 18.2 Å².